The first-order chi connectivity index (χ1) is 10.9. The summed E-state index contributed by atoms with van der Waals surface area (Å²) < 4.78 is 0. The van der Waals surface area contributed by atoms with Crippen LogP contribution in [0.5, 0.6) is 0 Å². The lowest BCUT2D eigenvalue weighted by Crippen LogP contribution is -2.57. The molecule has 0 spiro atoms. The lowest BCUT2D eigenvalue weighted by molar-refractivity contribution is -0.122. The van der Waals surface area contributed by atoms with E-state index in [1.165, 1.54) is 6.20 Å². The number of halogens is 1. The van der Waals surface area contributed by atoms with Crippen LogP contribution in [0.3, 0.4) is 0 Å². The van der Waals surface area contributed by atoms with Gasteiger partial charge in [0.05, 0.1) is 17.2 Å². The minimum atomic E-state index is -0.333. The Morgan fingerprint density at radius 1 is 1.48 bits per heavy atom. The second kappa shape index (κ2) is 8.06. The molecule has 2 heterocycles. The number of aliphatic hydroxyl groups is 1. The number of carbonyl (C=O) groups is 1. The number of piperazine rings is 1. The van der Waals surface area contributed by atoms with Gasteiger partial charge in [0.2, 0.25) is 5.91 Å². The molecule has 128 valence electrons. The highest BCUT2D eigenvalue weighted by atomic mass is 35.5. The monoisotopic (exact) mass is 340 g/mol. The highest BCUT2D eigenvalue weighted by Gasteiger charge is 2.30. The van der Waals surface area contributed by atoms with Gasteiger partial charge in [0, 0.05) is 38.4 Å². The van der Waals surface area contributed by atoms with Crippen LogP contribution < -0.4 is 5.32 Å². The molecule has 1 aliphatic heterocycles. The summed E-state index contributed by atoms with van der Waals surface area (Å²) in [5.41, 5.74) is 0. The van der Waals surface area contributed by atoms with E-state index >= 15 is 0 Å². The molecule has 2 N–H and O–H groups in total. The molecule has 0 bridgehead atoms. The van der Waals surface area contributed by atoms with Crippen molar-refractivity contribution in [2.45, 2.75) is 39.0 Å². The maximum atomic E-state index is 12.4. The summed E-state index contributed by atoms with van der Waals surface area (Å²) in [7, 11) is 0. The third-order valence-corrected chi connectivity index (χ3v) is 4.42. The summed E-state index contributed by atoms with van der Waals surface area (Å²) in [6.07, 6.45) is 1.18. The molecule has 0 aromatic carbocycles. The van der Waals surface area contributed by atoms with E-state index in [0.717, 1.165) is 19.6 Å². The summed E-state index contributed by atoms with van der Waals surface area (Å²) in [6, 6.07) is 3.47. The van der Waals surface area contributed by atoms with E-state index in [4.69, 9.17) is 11.6 Å². The van der Waals surface area contributed by atoms with Crippen LogP contribution >= 0.6 is 11.6 Å². The highest BCUT2D eigenvalue weighted by Crippen LogP contribution is 2.15. The zero-order chi connectivity index (χ0) is 17.0. The van der Waals surface area contributed by atoms with E-state index in [2.05, 4.69) is 27.0 Å². The van der Waals surface area contributed by atoms with E-state index in [1.807, 2.05) is 6.92 Å². The molecule has 2 rings (SSSR count). The zero-order valence-corrected chi connectivity index (χ0v) is 14.6. The van der Waals surface area contributed by atoms with Crippen LogP contribution in [-0.2, 0) is 4.79 Å². The smallest absolute Gasteiger partial charge is 0.242 e. The fraction of sp³-hybridized carbons (Fsp3) is 0.625. The molecule has 0 aliphatic carbocycles. The Bertz CT molecular complexity index is 523. The molecule has 1 amide bonds. The summed E-state index contributed by atoms with van der Waals surface area (Å²) in [5.74, 6) is 0.433. The van der Waals surface area contributed by atoms with Gasteiger partial charge in [-0.05, 0) is 32.9 Å². The molecular formula is C16H25ClN4O2. The van der Waals surface area contributed by atoms with E-state index in [-0.39, 0.29) is 18.1 Å². The first kappa shape index (κ1) is 18.1. The van der Waals surface area contributed by atoms with Crippen molar-refractivity contribution in [3.8, 4) is 0 Å². The summed E-state index contributed by atoms with van der Waals surface area (Å²) in [6.45, 7) is 8.96. The Morgan fingerprint density at radius 2 is 2.22 bits per heavy atom. The molecule has 1 aliphatic rings. The number of nitrogens with one attached hydrogen (secondary N) is 1. The molecule has 1 aromatic heterocycles. The van der Waals surface area contributed by atoms with Gasteiger partial charge in [-0.25, -0.2) is 4.98 Å². The minimum absolute atomic E-state index is 0.0731. The van der Waals surface area contributed by atoms with Crippen molar-refractivity contribution < 1.29 is 9.90 Å². The highest BCUT2D eigenvalue weighted by molar-refractivity contribution is 6.30. The van der Waals surface area contributed by atoms with Gasteiger partial charge in [0.25, 0.3) is 0 Å². The van der Waals surface area contributed by atoms with Gasteiger partial charge in [-0.15, -0.1) is 0 Å². The number of aromatic nitrogens is 1. The van der Waals surface area contributed by atoms with Crippen LogP contribution in [0.1, 0.15) is 20.8 Å². The lowest BCUT2D eigenvalue weighted by Gasteiger charge is -2.42. The topological polar surface area (TPSA) is 68.7 Å². The standard InChI is InChI=1S/C16H25ClN4O2/c1-11-9-21(7-6-20(11)10-12(2)22)13(3)16(23)19-15-5-4-14(17)8-18-15/h4-5,8,11-13,22H,6-7,9-10H2,1-3H3,(H,18,19,23)/t11-,12-,13+/m0/s1. The lowest BCUT2D eigenvalue weighted by atomic mass is 10.1. The number of β-amino-alcohol motifs (C(OH)–C–C–N with tert-alkyl or cyclic N) is 1. The van der Waals surface area contributed by atoms with Crippen LogP contribution in [0, 0.1) is 0 Å². The van der Waals surface area contributed by atoms with Crippen molar-refractivity contribution >= 4 is 23.3 Å². The number of hydrogen-bond acceptors (Lipinski definition) is 5. The Labute approximate surface area is 142 Å². The van der Waals surface area contributed by atoms with Crippen molar-refractivity contribution in [3.05, 3.63) is 23.4 Å². The van der Waals surface area contributed by atoms with Crippen LogP contribution in [0.15, 0.2) is 18.3 Å². The number of anilines is 1. The van der Waals surface area contributed by atoms with Crippen molar-refractivity contribution in [1.29, 1.82) is 0 Å². The summed E-state index contributed by atoms with van der Waals surface area (Å²) >= 11 is 5.79. The quantitative estimate of drug-likeness (QED) is 0.849. The molecule has 0 unspecified atom stereocenters. The van der Waals surface area contributed by atoms with Crippen LogP contribution in [0.25, 0.3) is 0 Å². The Hall–Kier alpha value is -1.21. The largest absolute Gasteiger partial charge is 0.392 e. The van der Waals surface area contributed by atoms with E-state index < -0.39 is 0 Å². The average molecular weight is 341 g/mol. The molecular weight excluding hydrogens is 316 g/mol. The molecule has 1 saturated heterocycles. The van der Waals surface area contributed by atoms with Gasteiger partial charge < -0.3 is 10.4 Å². The van der Waals surface area contributed by atoms with Crippen molar-refractivity contribution in [2.75, 3.05) is 31.5 Å². The fourth-order valence-corrected chi connectivity index (χ4v) is 2.94. The third kappa shape index (κ3) is 5.14. The summed E-state index contributed by atoms with van der Waals surface area (Å²) in [4.78, 5) is 20.9. The molecule has 23 heavy (non-hydrogen) atoms. The molecule has 6 nitrogen and oxygen atoms in total. The van der Waals surface area contributed by atoms with E-state index in [9.17, 15) is 9.90 Å². The van der Waals surface area contributed by atoms with Crippen molar-refractivity contribution in [2.24, 2.45) is 0 Å². The average Bonchev–Trinajstić information content (AvgIpc) is 2.50. The van der Waals surface area contributed by atoms with Gasteiger partial charge >= 0.3 is 0 Å². The van der Waals surface area contributed by atoms with E-state index in [0.29, 0.717) is 23.4 Å². The SMILES string of the molecule is C[C@H](O)CN1CCN([C@H](C)C(=O)Nc2ccc(Cl)cn2)C[C@@H]1C. The zero-order valence-electron chi connectivity index (χ0n) is 13.9. The Morgan fingerprint density at radius 3 is 2.78 bits per heavy atom. The van der Waals surface area contributed by atoms with Crippen molar-refractivity contribution in [1.82, 2.24) is 14.8 Å². The molecule has 7 heteroatoms. The van der Waals surface area contributed by atoms with E-state index in [1.54, 1.807) is 19.1 Å². The molecule has 1 aromatic rings. The Balaban J connectivity index is 1.89. The predicted octanol–water partition coefficient (Wildman–Crippen LogP) is 1.45. The molecule has 3 atom stereocenters. The Kier molecular flexibility index (Phi) is 6.35. The fourth-order valence-electron chi connectivity index (χ4n) is 2.83. The summed E-state index contributed by atoms with van der Waals surface area (Å²) in [5, 5.41) is 12.9. The second-order valence-corrected chi connectivity index (χ2v) is 6.65. The number of aliphatic hydroxyl groups excluding tert-OH is 1. The first-order valence-electron chi connectivity index (χ1n) is 7.95. The number of amides is 1. The van der Waals surface area contributed by atoms with Crippen LogP contribution in [0.4, 0.5) is 5.82 Å². The van der Waals surface area contributed by atoms with Gasteiger partial charge in [-0.2, -0.15) is 0 Å². The number of hydrogen-bond donors (Lipinski definition) is 2. The predicted molar refractivity (Wildman–Crippen MR) is 91.6 cm³/mol. The van der Waals surface area contributed by atoms with Gasteiger partial charge in [0.15, 0.2) is 0 Å². The van der Waals surface area contributed by atoms with Gasteiger partial charge in [-0.1, -0.05) is 11.6 Å². The molecule has 0 saturated carbocycles. The number of carbonyl (C=O) groups excluding carboxylic acids is 1. The number of nitrogens with zero attached hydrogens (tertiary/aromatic N) is 3. The first-order valence-corrected chi connectivity index (χ1v) is 8.33. The third-order valence-electron chi connectivity index (χ3n) is 4.20. The van der Waals surface area contributed by atoms with Crippen LogP contribution in [0.2, 0.25) is 5.02 Å². The molecule has 1 fully saturated rings. The second-order valence-electron chi connectivity index (χ2n) is 6.21. The number of pyridine rings is 1. The van der Waals surface area contributed by atoms with Crippen LogP contribution in [-0.4, -0.2) is 70.2 Å². The minimum Gasteiger partial charge on any atom is -0.392 e. The van der Waals surface area contributed by atoms with Gasteiger partial charge in [-0.3, -0.25) is 14.6 Å². The molecule has 0 radical (unpaired) electrons. The normalized spacial score (nSPS) is 22.6. The van der Waals surface area contributed by atoms with Gasteiger partial charge in [0.1, 0.15) is 5.82 Å². The maximum absolute atomic E-state index is 12.4. The number of rotatable bonds is 5. The maximum Gasteiger partial charge on any atom is 0.242 e. The van der Waals surface area contributed by atoms with Crippen molar-refractivity contribution in [3.63, 3.8) is 0 Å².